The van der Waals surface area contributed by atoms with Gasteiger partial charge in [0, 0.05) is 17.1 Å². The molecular weight excluding hydrogens is 288 g/mol. The molecule has 0 aliphatic carbocycles. The van der Waals surface area contributed by atoms with Crippen LogP contribution >= 0.6 is 0 Å². The summed E-state index contributed by atoms with van der Waals surface area (Å²) in [6, 6.07) is 5.90. The average molecular weight is 312 g/mol. The minimum Gasteiger partial charge on any atom is -0.347 e. The van der Waals surface area contributed by atoms with Crippen molar-refractivity contribution in [3.05, 3.63) is 29.8 Å². The summed E-state index contributed by atoms with van der Waals surface area (Å²) in [5.41, 5.74) is -0.0436. The van der Waals surface area contributed by atoms with E-state index in [4.69, 9.17) is 0 Å². The van der Waals surface area contributed by atoms with Gasteiger partial charge in [0.05, 0.1) is 4.90 Å². The first-order valence-corrected chi connectivity index (χ1v) is 8.48. The molecule has 5 nitrogen and oxygen atoms in total. The van der Waals surface area contributed by atoms with Crippen molar-refractivity contribution in [3.8, 4) is 0 Å². The number of benzene rings is 1. The van der Waals surface area contributed by atoms with Gasteiger partial charge < -0.3 is 5.32 Å². The van der Waals surface area contributed by atoms with E-state index in [1.165, 1.54) is 12.1 Å². The third-order valence-electron chi connectivity index (χ3n) is 2.86. The van der Waals surface area contributed by atoms with E-state index in [2.05, 4.69) is 10.0 Å². The molecule has 21 heavy (non-hydrogen) atoms. The van der Waals surface area contributed by atoms with Crippen LogP contribution in [0.3, 0.4) is 0 Å². The molecule has 0 heterocycles. The number of rotatable bonds is 5. The van der Waals surface area contributed by atoms with E-state index in [0.717, 1.165) is 0 Å². The molecule has 1 aromatic carbocycles. The third-order valence-corrected chi connectivity index (χ3v) is 4.45. The maximum absolute atomic E-state index is 12.2. The van der Waals surface area contributed by atoms with Gasteiger partial charge in [-0.15, -0.1) is 0 Å². The molecular formula is C15H24N2O3S. The minimum atomic E-state index is -3.60. The zero-order valence-corrected chi connectivity index (χ0v) is 14.0. The van der Waals surface area contributed by atoms with Gasteiger partial charge in [0.1, 0.15) is 0 Å². The second-order valence-corrected chi connectivity index (χ2v) is 7.88. The zero-order valence-electron chi connectivity index (χ0n) is 13.2. The van der Waals surface area contributed by atoms with Gasteiger partial charge in [-0.05, 0) is 52.3 Å². The Labute approximate surface area is 127 Å². The molecule has 6 heteroatoms. The first-order valence-electron chi connectivity index (χ1n) is 7.00. The number of nitrogens with one attached hydrogen (secondary N) is 2. The molecule has 1 amide bonds. The molecule has 0 aliphatic heterocycles. The van der Waals surface area contributed by atoms with Gasteiger partial charge in [0.2, 0.25) is 10.0 Å². The quantitative estimate of drug-likeness (QED) is 0.876. The molecule has 0 saturated heterocycles. The molecule has 0 saturated carbocycles. The molecule has 0 aliphatic rings. The predicted octanol–water partition coefficient (Wildman–Crippen LogP) is 2.29. The van der Waals surface area contributed by atoms with Crippen LogP contribution in [0.15, 0.2) is 29.2 Å². The highest BCUT2D eigenvalue weighted by molar-refractivity contribution is 7.89. The Kier molecular flexibility index (Phi) is 5.53. The number of amides is 1. The van der Waals surface area contributed by atoms with E-state index in [1.54, 1.807) is 19.1 Å². The maximum Gasteiger partial charge on any atom is 0.251 e. The van der Waals surface area contributed by atoms with E-state index < -0.39 is 10.0 Å². The highest BCUT2D eigenvalue weighted by atomic mass is 32.2. The third kappa shape index (κ3) is 5.47. The lowest BCUT2D eigenvalue weighted by atomic mass is 10.1. The van der Waals surface area contributed by atoms with Crippen molar-refractivity contribution in [2.24, 2.45) is 0 Å². The second-order valence-electron chi connectivity index (χ2n) is 6.16. The van der Waals surface area contributed by atoms with E-state index in [-0.39, 0.29) is 22.4 Å². The van der Waals surface area contributed by atoms with Crippen LogP contribution < -0.4 is 10.0 Å². The lowest BCUT2D eigenvalue weighted by molar-refractivity contribution is 0.0919. The SMILES string of the molecule is CCC(C)NS(=O)(=O)c1cccc(C(=O)NC(C)(C)C)c1. The Morgan fingerprint density at radius 2 is 1.90 bits per heavy atom. The fourth-order valence-corrected chi connectivity index (χ4v) is 3.01. The van der Waals surface area contributed by atoms with Crippen LogP contribution in [0.4, 0.5) is 0 Å². The van der Waals surface area contributed by atoms with Crippen LogP contribution in [0, 0.1) is 0 Å². The standard InChI is InChI=1S/C15H24N2O3S/c1-6-11(2)17-21(19,20)13-9-7-8-12(10-13)14(18)16-15(3,4)5/h7-11,17H,6H2,1-5H3,(H,16,18). The summed E-state index contributed by atoms with van der Waals surface area (Å²) in [5, 5.41) is 2.81. The van der Waals surface area contributed by atoms with Crippen molar-refractivity contribution in [2.75, 3.05) is 0 Å². The van der Waals surface area contributed by atoms with Gasteiger partial charge in [-0.3, -0.25) is 4.79 Å². The van der Waals surface area contributed by atoms with E-state index >= 15 is 0 Å². The topological polar surface area (TPSA) is 75.3 Å². The normalized spacial score (nSPS) is 13.8. The second kappa shape index (κ2) is 6.58. The Hall–Kier alpha value is -1.40. The molecule has 0 fully saturated rings. The molecule has 118 valence electrons. The summed E-state index contributed by atoms with van der Waals surface area (Å²) in [4.78, 5) is 12.2. The van der Waals surface area contributed by atoms with E-state index in [0.29, 0.717) is 12.0 Å². The zero-order chi connectivity index (χ0) is 16.3. The van der Waals surface area contributed by atoms with Crippen LogP contribution in [0.1, 0.15) is 51.4 Å². The number of sulfonamides is 1. The number of carbonyl (C=O) groups is 1. The highest BCUT2D eigenvalue weighted by Gasteiger charge is 2.20. The van der Waals surface area contributed by atoms with Crippen molar-refractivity contribution in [1.82, 2.24) is 10.0 Å². The van der Waals surface area contributed by atoms with Gasteiger partial charge in [0.15, 0.2) is 0 Å². The molecule has 0 radical (unpaired) electrons. The Bertz CT molecular complexity index is 604. The number of hydrogen-bond donors (Lipinski definition) is 2. The summed E-state index contributed by atoms with van der Waals surface area (Å²) in [7, 11) is -3.60. The lowest BCUT2D eigenvalue weighted by Crippen LogP contribution is -2.40. The van der Waals surface area contributed by atoms with Crippen LogP contribution in [-0.2, 0) is 10.0 Å². The Balaban J connectivity index is 3.03. The van der Waals surface area contributed by atoms with Crippen molar-refractivity contribution in [1.29, 1.82) is 0 Å². The predicted molar refractivity (Wildman–Crippen MR) is 83.7 cm³/mol. The van der Waals surface area contributed by atoms with Gasteiger partial charge in [-0.1, -0.05) is 13.0 Å². The average Bonchev–Trinajstić information content (AvgIpc) is 2.36. The highest BCUT2D eigenvalue weighted by Crippen LogP contribution is 2.13. The van der Waals surface area contributed by atoms with Crippen molar-refractivity contribution in [3.63, 3.8) is 0 Å². The van der Waals surface area contributed by atoms with Gasteiger partial charge in [-0.25, -0.2) is 13.1 Å². The summed E-state index contributed by atoms with van der Waals surface area (Å²) >= 11 is 0. The van der Waals surface area contributed by atoms with E-state index in [1.807, 2.05) is 27.7 Å². The minimum absolute atomic E-state index is 0.101. The molecule has 1 atom stereocenters. The van der Waals surface area contributed by atoms with Gasteiger partial charge >= 0.3 is 0 Å². The molecule has 1 aromatic rings. The smallest absolute Gasteiger partial charge is 0.251 e. The number of carbonyl (C=O) groups excluding carboxylic acids is 1. The number of hydrogen-bond acceptors (Lipinski definition) is 3. The monoisotopic (exact) mass is 312 g/mol. The molecule has 1 rings (SSSR count). The van der Waals surface area contributed by atoms with Gasteiger partial charge in [0.25, 0.3) is 5.91 Å². The largest absolute Gasteiger partial charge is 0.347 e. The lowest BCUT2D eigenvalue weighted by Gasteiger charge is -2.20. The van der Waals surface area contributed by atoms with Crippen LogP contribution in [-0.4, -0.2) is 25.9 Å². The van der Waals surface area contributed by atoms with E-state index in [9.17, 15) is 13.2 Å². The fourth-order valence-electron chi connectivity index (χ4n) is 1.63. The molecule has 2 N–H and O–H groups in total. The first-order chi connectivity index (χ1) is 9.55. The van der Waals surface area contributed by atoms with Crippen LogP contribution in [0.25, 0.3) is 0 Å². The van der Waals surface area contributed by atoms with Crippen molar-refractivity contribution < 1.29 is 13.2 Å². The summed E-state index contributed by atoms with van der Waals surface area (Å²) in [6.45, 7) is 9.32. The molecule has 0 aromatic heterocycles. The Morgan fingerprint density at radius 3 is 2.43 bits per heavy atom. The molecule has 0 bridgehead atoms. The van der Waals surface area contributed by atoms with Gasteiger partial charge in [-0.2, -0.15) is 0 Å². The molecule has 1 unspecified atom stereocenters. The fraction of sp³-hybridized carbons (Fsp3) is 0.533. The summed E-state index contributed by atoms with van der Waals surface area (Å²) in [5.74, 6) is -0.289. The maximum atomic E-state index is 12.2. The Morgan fingerprint density at radius 1 is 1.29 bits per heavy atom. The summed E-state index contributed by atoms with van der Waals surface area (Å²) in [6.07, 6.45) is 0.698. The van der Waals surface area contributed by atoms with Crippen LogP contribution in [0.2, 0.25) is 0 Å². The first kappa shape index (κ1) is 17.7. The van der Waals surface area contributed by atoms with Crippen molar-refractivity contribution in [2.45, 2.75) is 57.5 Å². The molecule has 0 spiro atoms. The van der Waals surface area contributed by atoms with Crippen LogP contribution in [0.5, 0.6) is 0 Å². The van der Waals surface area contributed by atoms with Crippen molar-refractivity contribution >= 4 is 15.9 Å². The summed E-state index contributed by atoms with van der Waals surface area (Å²) < 4.78 is 27.0.